The molecule has 0 radical (unpaired) electrons. The van der Waals surface area contributed by atoms with Gasteiger partial charge < -0.3 is 5.32 Å². The summed E-state index contributed by atoms with van der Waals surface area (Å²) in [6, 6.07) is 0. The predicted molar refractivity (Wildman–Crippen MR) is 66.4 cm³/mol. The van der Waals surface area contributed by atoms with Crippen LogP contribution in [0.3, 0.4) is 0 Å². The Morgan fingerprint density at radius 3 is 2.29 bits per heavy atom. The first-order chi connectivity index (χ1) is 8.06. The van der Waals surface area contributed by atoms with Crippen LogP contribution in [0.5, 0.6) is 0 Å². The number of nitrogens with one attached hydrogen (secondary N) is 1. The molecule has 5 fully saturated rings. The Kier molecular flexibility index (Phi) is 1.88. The van der Waals surface area contributed by atoms with Crippen molar-refractivity contribution in [1.82, 2.24) is 5.32 Å². The molecule has 0 aliphatic heterocycles. The van der Waals surface area contributed by atoms with Gasteiger partial charge in [-0.1, -0.05) is 6.92 Å². The normalized spacial score (nSPS) is 51.6. The number of carbonyl (C=O) groups is 1. The summed E-state index contributed by atoms with van der Waals surface area (Å²) >= 11 is 0. The van der Waals surface area contributed by atoms with E-state index in [4.69, 9.17) is 0 Å². The minimum atomic E-state index is 0.207. The summed E-state index contributed by atoms with van der Waals surface area (Å²) in [7, 11) is 0. The Bertz CT molecular complexity index is 357. The molecule has 2 unspecified atom stereocenters. The highest BCUT2D eigenvalue weighted by Crippen LogP contribution is 2.61. The molecule has 5 saturated carbocycles. The van der Waals surface area contributed by atoms with Crippen molar-refractivity contribution in [3.05, 3.63) is 0 Å². The van der Waals surface area contributed by atoms with Crippen LogP contribution in [0.1, 0.15) is 58.3 Å². The second-order valence-corrected chi connectivity index (χ2v) is 7.82. The average Bonchev–Trinajstić information content (AvgIpc) is 2.93. The van der Waals surface area contributed by atoms with E-state index in [1.165, 1.54) is 38.5 Å². The molecule has 1 N–H and O–H groups in total. The van der Waals surface area contributed by atoms with Gasteiger partial charge in [0, 0.05) is 11.5 Å². The zero-order valence-electron chi connectivity index (χ0n) is 10.8. The SMILES string of the molecule is CC12CC3CC(C1)CC(NC(=O)C1CC1)(C3)C2. The molecule has 5 aliphatic carbocycles. The van der Waals surface area contributed by atoms with Crippen LogP contribution in [-0.4, -0.2) is 11.4 Å². The lowest BCUT2D eigenvalue weighted by Gasteiger charge is -2.61. The molecular weight excluding hydrogens is 210 g/mol. The molecule has 2 atom stereocenters. The van der Waals surface area contributed by atoms with Crippen LogP contribution in [-0.2, 0) is 4.79 Å². The van der Waals surface area contributed by atoms with Crippen molar-refractivity contribution in [2.75, 3.05) is 0 Å². The summed E-state index contributed by atoms with van der Waals surface area (Å²) in [4.78, 5) is 12.1. The molecule has 5 aliphatic rings. The molecule has 94 valence electrons. The van der Waals surface area contributed by atoms with Gasteiger partial charge in [-0.05, 0) is 68.6 Å². The van der Waals surface area contributed by atoms with Gasteiger partial charge in [-0.15, -0.1) is 0 Å². The maximum atomic E-state index is 12.1. The van der Waals surface area contributed by atoms with Gasteiger partial charge in [0.15, 0.2) is 0 Å². The summed E-state index contributed by atoms with van der Waals surface area (Å²) in [5, 5.41) is 3.47. The molecule has 4 bridgehead atoms. The summed E-state index contributed by atoms with van der Waals surface area (Å²) < 4.78 is 0. The van der Waals surface area contributed by atoms with E-state index < -0.39 is 0 Å². The lowest BCUT2D eigenvalue weighted by molar-refractivity contribution is -0.131. The van der Waals surface area contributed by atoms with Crippen LogP contribution < -0.4 is 5.32 Å². The van der Waals surface area contributed by atoms with Crippen molar-refractivity contribution in [3.63, 3.8) is 0 Å². The Balaban J connectivity index is 1.58. The van der Waals surface area contributed by atoms with E-state index in [1.54, 1.807) is 0 Å². The fourth-order valence-electron chi connectivity index (χ4n) is 5.58. The van der Waals surface area contributed by atoms with Crippen molar-refractivity contribution >= 4 is 5.91 Å². The molecule has 0 heterocycles. The van der Waals surface area contributed by atoms with E-state index in [0.29, 0.717) is 17.2 Å². The van der Waals surface area contributed by atoms with E-state index in [2.05, 4.69) is 12.2 Å². The Morgan fingerprint density at radius 2 is 1.76 bits per heavy atom. The fourth-order valence-corrected chi connectivity index (χ4v) is 5.58. The molecule has 0 aromatic rings. The van der Waals surface area contributed by atoms with E-state index in [0.717, 1.165) is 24.7 Å². The maximum absolute atomic E-state index is 12.1. The monoisotopic (exact) mass is 233 g/mol. The van der Waals surface area contributed by atoms with Crippen molar-refractivity contribution in [2.24, 2.45) is 23.2 Å². The highest BCUT2D eigenvalue weighted by atomic mass is 16.2. The topological polar surface area (TPSA) is 29.1 Å². The summed E-state index contributed by atoms with van der Waals surface area (Å²) in [6.45, 7) is 2.46. The Morgan fingerprint density at radius 1 is 1.12 bits per heavy atom. The zero-order valence-corrected chi connectivity index (χ0v) is 10.8. The minimum Gasteiger partial charge on any atom is -0.350 e. The van der Waals surface area contributed by atoms with Gasteiger partial charge in [0.1, 0.15) is 0 Å². The number of carbonyl (C=O) groups excluding carboxylic acids is 1. The lowest BCUT2D eigenvalue weighted by atomic mass is 9.47. The highest BCUT2D eigenvalue weighted by molar-refractivity contribution is 5.81. The number of hydrogen-bond donors (Lipinski definition) is 1. The first-order valence-electron chi connectivity index (χ1n) is 7.38. The molecule has 2 heteroatoms. The van der Waals surface area contributed by atoms with Crippen molar-refractivity contribution in [1.29, 1.82) is 0 Å². The van der Waals surface area contributed by atoms with Gasteiger partial charge in [-0.2, -0.15) is 0 Å². The smallest absolute Gasteiger partial charge is 0.223 e. The average molecular weight is 233 g/mol. The van der Waals surface area contributed by atoms with Gasteiger partial charge in [0.2, 0.25) is 5.91 Å². The first-order valence-corrected chi connectivity index (χ1v) is 7.38. The Labute approximate surface area is 104 Å². The molecule has 0 spiro atoms. The van der Waals surface area contributed by atoms with E-state index in [9.17, 15) is 4.79 Å². The molecular formula is C15H23NO. The molecule has 5 rings (SSSR count). The van der Waals surface area contributed by atoms with Gasteiger partial charge in [-0.3, -0.25) is 4.79 Å². The lowest BCUT2D eigenvalue weighted by Crippen LogP contribution is -2.62. The van der Waals surface area contributed by atoms with Crippen LogP contribution >= 0.6 is 0 Å². The van der Waals surface area contributed by atoms with E-state index in [1.807, 2.05) is 0 Å². The maximum Gasteiger partial charge on any atom is 0.223 e. The van der Waals surface area contributed by atoms with Crippen LogP contribution in [0.4, 0.5) is 0 Å². The quantitative estimate of drug-likeness (QED) is 0.780. The minimum absolute atomic E-state index is 0.207. The third-order valence-corrected chi connectivity index (χ3v) is 5.69. The van der Waals surface area contributed by atoms with Crippen LogP contribution in [0, 0.1) is 23.2 Å². The second kappa shape index (κ2) is 3.07. The van der Waals surface area contributed by atoms with Crippen molar-refractivity contribution in [2.45, 2.75) is 63.8 Å². The van der Waals surface area contributed by atoms with Crippen molar-refractivity contribution < 1.29 is 4.79 Å². The van der Waals surface area contributed by atoms with Gasteiger partial charge in [-0.25, -0.2) is 0 Å². The molecule has 0 aromatic carbocycles. The number of hydrogen-bond acceptors (Lipinski definition) is 1. The molecule has 0 saturated heterocycles. The zero-order chi connectivity index (χ0) is 11.7. The van der Waals surface area contributed by atoms with Crippen LogP contribution in [0.25, 0.3) is 0 Å². The second-order valence-electron chi connectivity index (χ2n) is 7.82. The summed E-state index contributed by atoms with van der Waals surface area (Å²) in [6.07, 6.45) is 10.4. The molecule has 1 amide bonds. The first kappa shape index (κ1) is 10.4. The van der Waals surface area contributed by atoms with Crippen molar-refractivity contribution in [3.8, 4) is 0 Å². The molecule has 2 nitrogen and oxygen atoms in total. The van der Waals surface area contributed by atoms with Gasteiger partial charge in [0.05, 0.1) is 0 Å². The van der Waals surface area contributed by atoms with E-state index in [-0.39, 0.29) is 5.54 Å². The third-order valence-electron chi connectivity index (χ3n) is 5.69. The van der Waals surface area contributed by atoms with Crippen LogP contribution in [0.2, 0.25) is 0 Å². The summed E-state index contributed by atoms with van der Waals surface area (Å²) in [5.74, 6) is 2.55. The molecule has 0 aromatic heterocycles. The van der Waals surface area contributed by atoms with Gasteiger partial charge >= 0.3 is 0 Å². The number of amides is 1. The summed E-state index contributed by atoms with van der Waals surface area (Å²) in [5.41, 5.74) is 0.749. The Hall–Kier alpha value is -0.530. The largest absolute Gasteiger partial charge is 0.350 e. The predicted octanol–water partition coefficient (Wildman–Crippen LogP) is 2.87. The van der Waals surface area contributed by atoms with Gasteiger partial charge in [0.25, 0.3) is 0 Å². The van der Waals surface area contributed by atoms with E-state index >= 15 is 0 Å². The fraction of sp³-hybridized carbons (Fsp3) is 0.933. The highest BCUT2D eigenvalue weighted by Gasteiger charge is 2.56. The number of rotatable bonds is 2. The van der Waals surface area contributed by atoms with Crippen LogP contribution in [0.15, 0.2) is 0 Å². The standard InChI is InChI=1S/C15H23NO/c1-14-5-10-4-11(6-14)8-15(7-10,9-14)16-13(17)12-2-3-12/h10-12H,2-9H2,1H3,(H,16,17). The third kappa shape index (κ3) is 1.63. The molecule has 17 heavy (non-hydrogen) atoms.